The number of allylic oxidation sites excluding steroid dienone is 8. The van der Waals surface area contributed by atoms with Crippen LogP contribution in [0.5, 0.6) is 0 Å². The predicted octanol–water partition coefficient (Wildman–Crippen LogP) is 11.6. The van der Waals surface area contributed by atoms with Crippen molar-refractivity contribution in [2.24, 2.45) is 17.3 Å². The Bertz CT molecular complexity index is 2350. The highest BCUT2D eigenvalue weighted by atomic mass is 15.2. The first kappa shape index (κ1) is 34.7. The molecule has 4 unspecified atom stereocenters. The third-order valence-corrected chi connectivity index (χ3v) is 14.2. The Morgan fingerprint density at radius 3 is 2.15 bits per heavy atom. The molecule has 3 aliphatic heterocycles. The van der Waals surface area contributed by atoms with Gasteiger partial charge in [-0.25, -0.2) is 0 Å². The van der Waals surface area contributed by atoms with Crippen LogP contribution < -0.4 is 20.7 Å². The van der Waals surface area contributed by atoms with E-state index in [9.17, 15) is 0 Å². The van der Waals surface area contributed by atoms with Gasteiger partial charge in [-0.05, 0) is 105 Å². The summed E-state index contributed by atoms with van der Waals surface area (Å²) >= 11 is 0. The number of hydrogen-bond donors (Lipinski definition) is 0. The van der Waals surface area contributed by atoms with Crippen molar-refractivity contribution >= 4 is 34.7 Å². The Kier molecular flexibility index (Phi) is 7.81. The third kappa shape index (κ3) is 5.21. The number of nitrogens with zero attached hydrogens (tertiary/aromatic N) is 2. The van der Waals surface area contributed by atoms with E-state index in [0.717, 1.165) is 19.3 Å². The lowest BCUT2D eigenvalue weighted by atomic mass is 9.31. The van der Waals surface area contributed by atoms with E-state index in [-0.39, 0.29) is 28.9 Å². The molecule has 5 atom stereocenters. The summed E-state index contributed by atoms with van der Waals surface area (Å²) in [4.78, 5) is 5.50. The molecule has 0 spiro atoms. The highest BCUT2D eigenvalue weighted by molar-refractivity contribution is 6.94. The van der Waals surface area contributed by atoms with Gasteiger partial charge in [-0.2, -0.15) is 0 Å². The molecule has 3 heteroatoms. The molecule has 0 saturated carbocycles. The van der Waals surface area contributed by atoms with Gasteiger partial charge in [0.1, 0.15) is 0 Å². The Balaban J connectivity index is 1.29. The van der Waals surface area contributed by atoms with Crippen LogP contribution in [0.4, 0.5) is 17.1 Å². The topological polar surface area (TPSA) is 6.48 Å². The summed E-state index contributed by atoms with van der Waals surface area (Å²) < 4.78 is 0. The summed E-state index contributed by atoms with van der Waals surface area (Å²) in [7, 11) is 0. The summed E-state index contributed by atoms with van der Waals surface area (Å²) in [5, 5.41) is 0. The van der Waals surface area contributed by atoms with Crippen molar-refractivity contribution in [1.82, 2.24) is 0 Å². The van der Waals surface area contributed by atoms with Crippen LogP contribution in [0, 0.1) is 17.3 Å². The first-order valence-electron chi connectivity index (χ1n) is 20.9. The second-order valence-electron chi connectivity index (χ2n) is 19.4. The molecule has 0 aromatic heterocycles. The zero-order chi connectivity index (χ0) is 37.9. The van der Waals surface area contributed by atoms with E-state index in [1.165, 1.54) is 68.0 Å². The maximum atomic E-state index is 2.85. The van der Waals surface area contributed by atoms with E-state index in [1.807, 2.05) is 0 Å². The zero-order valence-corrected chi connectivity index (χ0v) is 33.8. The van der Waals surface area contributed by atoms with Crippen LogP contribution in [0.25, 0.3) is 0 Å². The van der Waals surface area contributed by atoms with Crippen molar-refractivity contribution in [2.45, 2.75) is 96.9 Å². The number of fused-ring (bicyclic) bond motifs is 7. The Morgan fingerprint density at radius 2 is 1.44 bits per heavy atom. The number of rotatable bonds is 4. The van der Waals surface area contributed by atoms with Gasteiger partial charge in [0.25, 0.3) is 6.71 Å². The van der Waals surface area contributed by atoms with E-state index in [0.29, 0.717) is 17.9 Å². The smallest absolute Gasteiger partial charge is 0.251 e. The van der Waals surface area contributed by atoms with Gasteiger partial charge in [0.2, 0.25) is 0 Å². The maximum Gasteiger partial charge on any atom is 0.251 e. The molecule has 4 aromatic carbocycles. The minimum atomic E-state index is -0.212. The van der Waals surface area contributed by atoms with Gasteiger partial charge < -0.3 is 9.80 Å². The SMILES string of the molecule is CC(C)(C)c1cc2c3c(c1)[C@@H]1CC(C(C)(C)C)C=CC1N3C1=CC(C(C)(C3=CCCC=C3)c3ccccc3)CC3=C1B2c1ccccc1N3c1ccccc1. The molecule has 0 N–H and O–H groups in total. The standard InChI is InChI=1S/C52H55BN2/c1-50(2,3)36-27-28-44-40(29-36)41-30-37(51(4,5)6)31-43-49(41)55(44)47-33-38(52(7,34-19-11-8-12-20-34)35-21-13-9-14-22-35)32-46-48(47)53(43)42-25-17-18-26-45(42)54(46)39-23-15-10-16-24-39/h8,10-13,15-28,30-31,33,36,38,40,44H,9,14,29,32H2,1-7H3/t36?,38?,40-,44?,52?/m0/s1. The third-order valence-electron chi connectivity index (χ3n) is 14.2. The van der Waals surface area contributed by atoms with E-state index in [2.05, 4.69) is 192 Å². The largest absolute Gasteiger partial charge is 0.335 e. The zero-order valence-electron chi connectivity index (χ0n) is 33.8. The van der Waals surface area contributed by atoms with Crippen molar-refractivity contribution in [3.8, 4) is 0 Å². The molecule has 3 heterocycles. The summed E-state index contributed by atoms with van der Waals surface area (Å²) in [5.41, 5.74) is 17.3. The van der Waals surface area contributed by atoms with E-state index < -0.39 is 0 Å². The molecule has 0 saturated heterocycles. The molecular formula is C52H55BN2. The molecule has 0 radical (unpaired) electrons. The average molecular weight is 719 g/mol. The summed E-state index contributed by atoms with van der Waals surface area (Å²) in [6, 6.07) is 37.5. The molecule has 55 heavy (non-hydrogen) atoms. The van der Waals surface area contributed by atoms with Crippen LogP contribution in [-0.4, -0.2) is 12.8 Å². The lowest BCUT2D eigenvalue weighted by molar-refractivity contribution is 0.251. The molecule has 2 nitrogen and oxygen atoms in total. The van der Waals surface area contributed by atoms with Gasteiger partial charge in [0.05, 0.1) is 6.04 Å². The van der Waals surface area contributed by atoms with Gasteiger partial charge in [-0.1, -0.05) is 164 Å². The lowest BCUT2D eigenvalue weighted by Crippen LogP contribution is -2.59. The van der Waals surface area contributed by atoms with E-state index >= 15 is 0 Å². The van der Waals surface area contributed by atoms with Crippen LogP contribution in [0.2, 0.25) is 0 Å². The van der Waals surface area contributed by atoms with Crippen LogP contribution in [0.1, 0.15) is 96.8 Å². The first-order valence-corrected chi connectivity index (χ1v) is 20.9. The second kappa shape index (κ2) is 12.4. The summed E-state index contributed by atoms with van der Waals surface area (Å²) in [6.45, 7) is 17.2. The first-order chi connectivity index (χ1) is 26.4. The molecule has 276 valence electrons. The van der Waals surface area contributed by atoms with E-state index in [1.54, 1.807) is 5.56 Å². The van der Waals surface area contributed by atoms with Crippen molar-refractivity contribution in [3.63, 3.8) is 0 Å². The highest BCUT2D eigenvalue weighted by Gasteiger charge is 2.55. The van der Waals surface area contributed by atoms with Crippen molar-refractivity contribution in [1.29, 1.82) is 0 Å². The van der Waals surface area contributed by atoms with E-state index in [4.69, 9.17) is 0 Å². The monoisotopic (exact) mass is 718 g/mol. The van der Waals surface area contributed by atoms with Crippen molar-refractivity contribution in [3.05, 3.63) is 173 Å². The van der Waals surface area contributed by atoms with Gasteiger partial charge in [-0.3, -0.25) is 0 Å². The van der Waals surface area contributed by atoms with Crippen molar-refractivity contribution < 1.29 is 0 Å². The number of hydrogen-bond acceptors (Lipinski definition) is 2. The molecule has 3 aliphatic carbocycles. The predicted molar refractivity (Wildman–Crippen MR) is 234 cm³/mol. The molecular weight excluding hydrogens is 663 g/mol. The molecule has 0 fully saturated rings. The molecule has 10 rings (SSSR count). The van der Waals surface area contributed by atoms with Crippen molar-refractivity contribution in [2.75, 3.05) is 9.80 Å². The molecule has 4 aromatic rings. The van der Waals surface area contributed by atoms with Gasteiger partial charge in [-0.15, -0.1) is 0 Å². The minimum Gasteiger partial charge on any atom is -0.335 e. The van der Waals surface area contributed by atoms with Gasteiger partial charge in [0.15, 0.2) is 0 Å². The fraction of sp³-hybridized carbons (Fsp3) is 0.346. The summed E-state index contributed by atoms with van der Waals surface area (Å²) in [6.07, 6.45) is 19.7. The minimum absolute atomic E-state index is 0.0381. The maximum absolute atomic E-state index is 2.85. The normalized spacial score (nSPS) is 24.7. The fourth-order valence-electron chi connectivity index (χ4n) is 11.1. The Labute approximate surface area is 330 Å². The van der Waals surface area contributed by atoms with Crippen LogP contribution >= 0.6 is 0 Å². The number of anilines is 3. The molecule has 6 aliphatic rings. The molecule has 0 bridgehead atoms. The molecule has 0 amide bonds. The van der Waals surface area contributed by atoms with Crippen LogP contribution in [-0.2, 0) is 10.8 Å². The quantitative estimate of drug-likeness (QED) is 0.153. The van der Waals surface area contributed by atoms with Crippen LogP contribution in [0.3, 0.4) is 0 Å². The Morgan fingerprint density at radius 1 is 0.709 bits per heavy atom. The number of benzene rings is 4. The summed E-state index contributed by atoms with van der Waals surface area (Å²) in [5.74, 6) is 1.22. The van der Waals surface area contributed by atoms with Crippen LogP contribution in [0.15, 0.2) is 156 Å². The fourth-order valence-corrected chi connectivity index (χ4v) is 11.1. The average Bonchev–Trinajstić information content (AvgIpc) is 3.53. The number of para-hydroxylation sites is 2. The second-order valence-corrected chi connectivity index (χ2v) is 19.4. The highest BCUT2D eigenvalue weighted by Crippen LogP contribution is 2.58. The van der Waals surface area contributed by atoms with Gasteiger partial charge >= 0.3 is 0 Å². The Hall–Kier alpha value is -4.76. The lowest BCUT2D eigenvalue weighted by Gasteiger charge is -2.51. The van der Waals surface area contributed by atoms with Gasteiger partial charge in [0, 0.05) is 39.8 Å².